The summed E-state index contributed by atoms with van der Waals surface area (Å²) in [6.45, 7) is 4.82. The predicted molar refractivity (Wildman–Crippen MR) is 61.5 cm³/mol. The Morgan fingerprint density at radius 1 is 1.50 bits per heavy atom. The van der Waals surface area contributed by atoms with Gasteiger partial charge in [0.2, 0.25) is 0 Å². The SMILES string of the molecule is COC(=O)C1CCN1c1ccc(C)nc1C. The second kappa shape index (κ2) is 4.12. The van der Waals surface area contributed by atoms with Crippen LogP contribution >= 0.6 is 0 Å². The summed E-state index contributed by atoms with van der Waals surface area (Å²) in [4.78, 5) is 17.9. The van der Waals surface area contributed by atoms with E-state index in [1.165, 1.54) is 7.11 Å². The molecule has 2 heterocycles. The average molecular weight is 220 g/mol. The molecule has 2 rings (SSSR count). The summed E-state index contributed by atoms with van der Waals surface area (Å²) >= 11 is 0. The maximum absolute atomic E-state index is 11.5. The Labute approximate surface area is 95.2 Å². The largest absolute Gasteiger partial charge is 0.467 e. The number of carbonyl (C=O) groups is 1. The van der Waals surface area contributed by atoms with Crippen LogP contribution in [0.2, 0.25) is 0 Å². The molecule has 0 radical (unpaired) electrons. The summed E-state index contributed by atoms with van der Waals surface area (Å²) < 4.78 is 4.77. The van der Waals surface area contributed by atoms with E-state index in [1.807, 2.05) is 30.9 Å². The molecule has 0 bridgehead atoms. The molecule has 0 N–H and O–H groups in total. The predicted octanol–water partition coefficient (Wildman–Crippen LogP) is 1.45. The van der Waals surface area contributed by atoms with Crippen molar-refractivity contribution in [3.05, 3.63) is 23.5 Å². The van der Waals surface area contributed by atoms with Crippen LogP contribution in [0.4, 0.5) is 5.69 Å². The molecule has 1 saturated heterocycles. The van der Waals surface area contributed by atoms with Crippen LogP contribution in [0.25, 0.3) is 0 Å². The number of aryl methyl sites for hydroxylation is 2. The number of rotatable bonds is 2. The Bertz CT molecular complexity index is 417. The summed E-state index contributed by atoms with van der Waals surface area (Å²) in [5.41, 5.74) is 3.00. The number of esters is 1. The lowest BCUT2D eigenvalue weighted by atomic mass is 10.0. The van der Waals surface area contributed by atoms with Crippen molar-refractivity contribution >= 4 is 11.7 Å². The van der Waals surface area contributed by atoms with E-state index in [4.69, 9.17) is 4.74 Å². The molecule has 0 aromatic carbocycles. The van der Waals surface area contributed by atoms with Crippen molar-refractivity contribution in [3.8, 4) is 0 Å². The molecule has 16 heavy (non-hydrogen) atoms. The van der Waals surface area contributed by atoms with Gasteiger partial charge in [-0.05, 0) is 32.4 Å². The third-order valence-electron chi connectivity index (χ3n) is 3.00. The molecule has 1 aromatic heterocycles. The average Bonchev–Trinajstić information content (AvgIpc) is 2.20. The Hall–Kier alpha value is -1.58. The van der Waals surface area contributed by atoms with E-state index in [2.05, 4.69) is 4.98 Å². The molecule has 1 atom stereocenters. The monoisotopic (exact) mass is 220 g/mol. The first-order valence-corrected chi connectivity index (χ1v) is 5.42. The van der Waals surface area contributed by atoms with Crippen LogP contribution in [0.5, 0.6) is 0 Å². The van der Waals surface area contributed by atoms with Gasteiger partial charge in [0.25, 0.3) is 0 Å². The minimum absolute atomic E-state index is 0.131. The molecule has 1 aromatic rings. The van der Waals surface area contributed by atoms with E-state index in [0.717, 1.165) is 30.0 Å². The van der Waals surface area contributed by atoms with Crippen molar-refractivity contribution in [2.75, 3.05) is 18.6 Å². The number of anilines is 1. The first-order valence-electron chi connectivity index (χ1n) is 5.42. The van der Waals surface area contributed by atoms with E-state index < -0.39 is 0 Å². The lowest BCUT2D eigenvalue weighted by Crippen LogP contribution is -2.53. The van der Waals surface area contributed by atoms with Gasteiger partial charge in [-0.25, -0.2) is 4.79 Å². The van der Waals surface area contributed by atoms with Gasteiger partial charge in [0.05, 0.1) is 18.5 Å². The van der Waals surface area contributed by atoms with Crippen LogP contribution in [-0.4, -0.2) is 30.6 Å². The Kier molecular flexibility index (Phi) is 2.81. The Balaban J connectivity index is 2.22. The highest BCUT2D eigenvalue weighted by atomic mass is 16.5. The summed E-state index contributed by atoms with van der Waals surface area (Å²) in [6.07, 6.45) is 0.861. The first kappa shape index (κ1) is 10.9. The van der Waals surface area contributed by atoms with Crippen LogP contribution in [0.3, 0.4) is 0 Å². The number of carbonyl (C=O) groups excluding carboxylic acids is 1. The molecule has 1 aliphatic rings. The van der Waals surface area contributed by atoms with E-state index in [0.29, 0.717) is 0 Å². The van der Waals surface area contributed by atoms with Crippen molar-refractivity contribution in [2.45, 2.75) is 26.3 Å². The second-order valence-corrected chi connectivity index (χ2v) is 4.08. The quantitative estimate of drug-likeness (QED) is 0.707. The summed E-state index contributed by atoms with van der Waals surface area (Å²) in [5.74, 6) is -0.161. The second-order valence-electron chi connectivity index (χ2n) is 4.08. The third-order valence-corrected chi connectivity index (χ3v) is 3.00. The van der Waals surface area contributed by atoms with Gasteiger partial charge in [0.15, 0.2) is 0 Å². The maximum Gasteiger partial charge on any atom is 0.328 e. The number of nitrogens with zero attached hydrogens (tertiary/aromatic N) is 2. The van der Waals surface area contributed by atoms with E-state index >= 15 is 0 Å². The molecule has 0 aliphatic carbocycles. The van der Waals surface area contributed by atoms with Crippen LogP contribution < -0.4 is 4.90 Å². The summed E-state index contributed by atoms with van der Waals surface area (Å²) in [6, 6.07) is 3.86. The van der Waals surface area contributed by atoms with Crippen molar-refractivity contribution in [1.82, 2.24) is 4.98 Å². The topological polar surface area (TPSA) is 42.4 Å². The molecule has 1 fully saturated rings. The van der Waals surface area contributed by atoms with E-state index in [9.17, 15) is 4.79 Å². The first-order chi connectivity index (χ1) is 7.63. The summed E-state index contributed by atoms with van der Waals surface area (Å²) in [7, 11) is 1.43. The molecule has 0 spiro atoms. The van der Waals surface area contributed by atoms with Gasteiger partial charge in [-0.1, -0.05) is 0 Å². The minimum atomic E-state index is -0.161. The van der Waals surface area contributed by atoms with Gasteiger partial charge in [0.1, 0.15) is 6.04 Å². The van der Waals surface area contributed by atoms with Crippen LogP contribution in [-0.2, 0) is 9.53 Å². The number of hydrogen-bond donors (Lipinski definition) is 0. The number of hydrogen-bond acceptors (Lipinski definition) is 4. The Morgan fingerprint density at radius 2 is 2.25 bits per heavy atom. The molecule has 0 amide bonds. The van der Waals surface area contributed by atoms with Gasteiger partial charge < -0.3 is 9.64 Å². The fourth-order valence-electron chi connectivity index (χ4n) is 2.04. The van der Waals surface area contributed by atoms with Gasteiger partial charge >= 0.3 is 5.97 Å². The van der Waals surface area contributed by atoms with Crippen molar-refractivity contribution in [3.63, 3.8) is 0 Å². The highest BCUT2D eigenvalue weighted by molar-refractivity contribution is 5.82. The van der Waals surface area contributed by atoms with Crippen molar-refractivity contribution in [1.29, 1.82) is 0 Å². The third kappa shape index (κ3) is 1.75. The standard InChI is InChI=1S/C12H16N2O2/c1-8-4-5-10(9(2)13-8)14-7-6-11(14)12(15)16-3/h4-5,11H,6-7H2,1-3H3. The highest BCUT2D eigenvalue weighted by Gasteiger charge is 2.35. The van der Waals surface area contributed by atoms with E-state index in [-0.39, 0.29) is 12.0 Å². The van der Waals surface area contributed by atoms with Crippen LogP contribution in [0.1, 0.15) is 17.8 Å². The van der Waals surface area contributed by atoms with Crippen LogP contribution in [0, 0.1) is 13.8 Å². The van der Waals surface area contributed by atoms with Crippen molar-refractivity contribution < 1.29 is 9.53 Å². The fraction of sp³-hybridized carbons (Fsp3) is 0.500. The molecule has 86 valence electrons. The molecular weight excluding hydrogens is 204 g/mol. The zero-order valence-electron chi connectivity index (χ0n) is 9.86. The van der Waals surface area contributed by atoms with Crippen molar-refractivity contribution in [2.24, 2.45) is 0 Å². The normalized spacial score (nSPS) is 19.2. The van der Waals surface area contributed by atoms with Gasteiger partial charge in [-0.3, -0.25) is 4.98 Å². The Morgan fingerprint density at radius 3 is 2.75 bits per heavy atom. The zero-order valence-corrected chi connectivity index (χ0v) is 9.86. The van der Waals surface area contributed by atoms with Gasteiger partial charge in [-0.15, -0.1) is 0 Å². The number of methoxy groups -OCH3 is 1. The highest BCUT2D eigenvalue weighted by Crippen LogP contribution is 2.29. The lowest BCUT2D eigenvalue weighted by Gasteiger charge is -2.41. The molecule has 1 unspecified atom stereocenters. The minimum Gasteiger partial charge on any atom is -0.467 e. The number of ether oxygens (including phenoxy) is 1. The summed E-state index contributed by atoms with van der Waals surface area (Å²) in [5, 5.41) is 0. The zero-order chi connectivity index (χ0) is 11.7. The number of pyridine rings is 1. The van der Waals surface area contributed by atoms with Gasteiger partial charge in [-0.2, -0.15) is 0 Å². The molecule has 4 nitrogen and oxygen atoms in total. The van der Waals surface area contributed by atoms with Crippen LogP contribution in [0.15, 0.2) is 12.1 Å². The molecular formula is C12H16N2O2. The molecule has 0 saturated carbocycles. The fourth-order valence-corrected chi connectivity index (χ4v) is 2.04. The lowest BCUT2D eigenvalue weighted by molar-refractivity contribution is -0.143. The molecule has 1 aliphatic heterocycles. The van der Waals surface area contributed by atoms with Gasteiger partial charge in [0, 0.05) is 12.2 Å². The number of aromatic nitrogens is 1. The van der Waals surface area contributed by atoms with E-state index in [1.54, 1.807) is 0 Å². The molecule has 4 heteroatoms. The smallest absolute Gasteiger partial charge is 0.328 e. The maximum atomic E-state index is 11.5.